The second kappa shape index (κ2) is 6.08. The third-order valence-electron chi connectivity index (χ3n) is 4.66. The molecule has 0 radical (unpaired) electrons. The van der Waals surface area contributed by atoms with Crippen molar-refractivity contribution in [3.63, 3.8) is 0 Å². The van der Waals surface area contributed by atoms with Gasteiger partial charge in [0, 0.05) is 18.4 Å². The summed E-state index contributed by atoms with van der Waals surface area (Å²) < 4.78 is 11.0. The first-order valence-corrected chi connectivity index (χ1v) is 7.84. The molecule has 22 heavy (non-hydrogen) atoms. The smallest absolute Gasteiger partial charge is 0.226 e. The minimum absolute atomic E-state index is 0.0297. The number of aromatic nitrogens is 1. The molecule has 3 rings (SSSR count). The number of ether oxygens (including phenoxy) is 1. The van der Waals surface area contributed by atoms with Crippen LogP contribution in [-0.2, 0) is 16.0 Å². The van der Waals surface area contributed by atoms with Crippen molar-refractivity contribution in [2.45, 2.75) is 39.4 Å². The Morgan fingerprint density at radius 1 is 1.23 bits per heavy atom. The normalized spacial score (nSPS) is 28.1. The Bertz CT molecular complexity index is 667. The van der Waals surface area contributed by atoms with Crippen molar-refractivity contribution < 1.29 is 14.1 Å². The van der Waals surface area contributed by atoms with E-state index < -0.39 is 0 Å². The maximum atomic E-state index is 12.4. The molecule has 4 atom stereocenters. The van der Waals surface area contributed by atoms with E-state index >= 15 is 0 Å². The van der Waals surface area contributed by atoms with Crippen molar-refractivity contribution >= 4 is 16.9 Å². The predicted molar refractivity (Wildman–Crippen MR) is 83.4 cm³/mol. The SMILES string of the molecule is CC1OC(C)C(C(=O)NCCc2noc3ccccc23)C1C. The van der Waals surface area contributed by atoms with Gasteiger partial charge in [-0.15, -0.1) is 0 Å². The van der Waals surface area contributed by atoms with Gasteiger partial charge in [-0.2, -0.15) is 0 Å². The van der Waals surface area contributed by atoms with E-state index in [1.165, 1.54) is 0 Å². The zero-order valence-corrected chi connectivity index (χ0v) is 13.2. The zero-order chi connectivity index (χ0) is 15.7. The van der Waals surface area contributed by atoms with E-state index in [1.54, 1.807) is 0 Å². The van der Waals surface area contributed by atoms with Crippen LogP contribution in [0.15, 0.2) is 28.8 Å². The number of fused-ring (bicyclic) bond motifs is 1. The Balaban J connectivity index is 1.58. The largest absolute Gasteiger partial charge is 0.374 e. The molecule has 118 valence electrons. The lowest BCUT2D eigenvalue weighted by atomic mass is 9.89. The van der Waals surface area contributed by atoms with Crippen LogP contribution in [0, 0.1) is 11.8 Å². The molecule has 0 saturated carbocycles. The van der Waals surface area contributed by atoms with Crippen LogP contribution >= 0.6 is 0 Å². The average Bonchev–Trinajstić information content (AvgIpc) is 3.01. The van der Waals surface area contributed by atoms with Crippen molar-refractivity contribution in [2.24, 2.45) is 11.8 Å². The number of carbonyl (C=O) groups excluding carboxylic acids is 1. The molecule has 2 aromatic rings. The summed E-state index contributed by atoms with van der Waals surface area (Å²) in [5.41, 5.74) is 1.66. The van der Waals surface area contributed by atoms with Crippen LogP contribution in [0.25, 0.3) is 11.0 Å². The van der Waals surface area contributed by atoms with Gasteiger partial charge in [-0.1, -0.05) is 24.2 Å². The van der Waals surface area contributed by atoms with Crippen molar-refractivity contribution in [3.8, 4) is 0 Å². The Morgan fingerprint density at radius 3 is 2.73 bits per heavy atom. The van der Waals surface area contributed by atoms with E-state index in [-0.39, 0.29) is 30.0 Å². The maximum absolute atomic E-state index is 12.4. The van der Waals surface area contributed by atoms with Gasteiger partial charge in [-0.3, -0.25) is 4.79 Å². The molecule has 1 aliphatic heterocycles. The fourth-order valence-electron chi connectivity index (χ4n) is 3.26. The van der Waals surface area contributed by atoms with E-state index in [9.17, 15) is 4.79 Å². The van der Waals surface area contributed by atoms with Gasteiger partial charge in [-0.25, -0.2) is 0 Å². The van der Waals surface area contributed by atoms with Gasteiger partial charge >= 0.3 is 0 Å². The van der Waals surface area contributed by atoms with E-state index in [0.29, 0.717) is 13.0 Å². The molecule has 1 aromatic heterocycles. The molecule has 5 heteroatoms. The Hall–Kier alpha value is -1.88. The van der Waals surface area contributed by atoms with Gasteiger partial charge in [0.15, 0.2) is 5.58 Å². The number of nitrogens with zero attached hydrogens (tertiary/aromatic N) is 1. The Kier molecular flexibility index (Phi) is 4.16. The van der Waals surface area contributed by atoms with Crippen LogP contribution in [0.1, 0.15) is 26.5 Å². The average molecular weight is 302 g/mol. The molecule has 1 fully saturated rings. The summed E-state index contributed by atoms with van der Waals surface area (Å²) in [6.07, 6.45) is 0.761. The topological polar surface area (TPSA) is 64.4 Å². The first-order chi connectivity index (χ1) is 10.6. The maximum Gasteiger partial charge on any atom is 0.226 e. The number of para-hydroxylation sites is 1. The number of nitrogens with one attached hydrogen (secondary N) is 1. The molecule has 1 amide bonds. The number of carbonyl (C=O) groups is 1. The van der Waals surface area contributed by atoms with E-state index in [0.717, 1.165) is 16.7 Å². The summed E-state index contributed by atoms with van der Waals surface area (Å²) in [5.74, 6) is 0.226. The third-order valence-corrected chi connectivity index (χ3v) is 4.66. The lowest BCUT2D eigenvalue weighted by Gasteiger charge is -2.17. The fourth-order valence-corrected chi connectivity index (χ4v) is 3.26. The van der Waals surface area contributed by atoms with Gasteiger partial charge in [0.1, 0.15) is 0 Å². The molecule has 1 aliphatic rings. The fraction of sp³-hybridized carbons (Fsp3) is 0.529. The summed E-state index contributed by atoms with van der Waals surface area (Å²) in [7, 11) is 0. The predicted octanol–water partition coefficient (Wildman–Crippen LogP) is 2.55. The van der Waals surface area contributed by atoms with Crippen LogP contribution in [0.4, 0.5) is 0 Å². The molecular weight excluding hydrogens is 280 g/mol. The molecule has 1 N–H and O–H groups in total. The molecule has 2 heterocycles. The van der Waals surface area contributed by atoms with Crippen molar-refractivity contribution in [1.29, 1.82) is 0 Å². The van der Waals surface area contributed by atoms with Gasteiger partial charge in [0.2, 0.25) is 5.91 Å². The van der Waals surface area contributed by atoms with Crippen LogP contribution in [0.5, 0.6) is 0 Å². The number of hydrogen-bond acceptors (Lipinski definition) is 4. The summed E-state index contributed by atoms with van der Waals surface area (Å²) >= 11 is 0. The summed E-state index contributed by atoms with van der Waals surface area (Å²) in [6, 6.07) is 7.76. The minimum Gasteiger partial charge on any atom is -0.374 e. The molecule has 0 aliphatic carbocycles. The van der Waals surface area contributed by atoms with Crippen LogP contribution in [-0.4, -0.2) is 29.8 Å². The van der Waals surface area contributed by atoms with E-state index in [2.05, 4.69) is 17.4 Å². The highest BCUT2D eigenvalue weighted by molar-refractivity contribution is 5.81. The van der Waals surface area contributed by atoms with Gasteiger partial charge in [-0.05, 0) is 31.9 Å². The second-order valence-electron chi connectivity index (χ2n) is 6.10. The van der Waals surface area contributed by atoms with Gasteiger partial charge in [0.25, 0.3) is 0 Å². The Labute approximate surface area is 130 Å². The van der Waals surface area contributed by atoms with Gasteiger partial charge < -0.3 is 14.6 Å². The molecule has 0 spiro atoms. The molecule has 1 aromatic carbocycles. The molecule has 1 saturated heterocycles. The first-order valence-electron chi connectivity index (χ1n) is 7.84. The van der Waals surface area contributed by atoms with Crippen molar-refractivity contribution in [1.82, 2.24) is 10.5 Å². The quantitative estimate of drug-likeness (QED) is 0.942. The summed E-state index contributed by atoms with van der Waals surface area (Å²) in [4.78, 5) is 12.4. The monoisotopic (exact) mass is 302 g/mol. The number of hydrogen-bond donors (Lipinski definition) is 1. The zero-order valence-electron chi connectivity index (χ0n) is 13.2. The number of benzene rings is 1. The molecule has 5 nitrogen and oxygen atoms in total. The van der Waals surface area contributed by atoms with Crippen LogP contribution in [0.2, 0.25) is 0 Å². The van der Waals surface area contributed by atoms with Crippen LogP contribution < -0.4 is 5.32 Å². The highest BCUT2D eigenvalue weighted by Gasteiger charge is 2.41. The highest BCUT2D eigenvalue weighted by atomic mass is 16.5. The van der Waals surface area contributed by atoms with Crippen LogP contribution in [0.3, 0.4) is 0 Å². The molecule has 0 bridgehead atoms. The third kappa shape index (κ3) is 2.73. The van der Waals surface area contributed by atoms with Crippen molar-refractivity contribution in [3.05, 3.63) is 30.0 Å². The number of amides is 1. The lowest BCUT2D eigenvalue weighted by Crippen LogP contribution is -2.38. The second-order valence-corrected chi connectivity index (χ2v) is 6.10. The highest BCUT2D eigenvalue weighted by Crippen LogP contribution is 2.32. The van der Waals surface area contributed by atoms with E-state index in [1.807, 2.05) is 38.1 Å². The first kappa shape index (κ1) is 15.0. The standard InChI is InChI=1S/C17H22N2O3/c1-10-11(2)21-12(3)16(10)17(20)18-9-8-14-13-6-4-5-7-15(13)22-19-14/h4-7,10-12,16H,8-9H2,1-3H3,(H,18,20). The lowest BCUT2D eigenvalue weighted by molar-refractivity contribution is -0.127. The minimum atomic E-state index is -0.0796. The molecule has 4 unspecified atom stereocenters. The van der Waals surface area contributed by atoms with Crippen molar-refractivity contribution in [2.75, 3.05) is 6.54 Å². The molecular formula is C17H22N2O3. The van der Waals surface area contributed by atoms with E-state index in [4.69, 9.17) is 9.26 Å². The number of rotatable bonds is 4. The summed E-state index contributed by atoms with van der Waals surface area (Å²) in [6.45, 7) is 6.62. The van der Waals surface area contributed by atoms with Gasteiger partial charge in [0.05, 0.1) is 23.8 Å². The summed E-state index contributed by atoms with van der Waals surface area (Å²) in [5, 5.41) is 8.10. The Morgan fingerprint density at radius 2 is 2.00 bits per heavy atom.